The Labute approximate surface area is 91.4 Å². The van der Waals surface area contributed by atoms with Crippen molar-refractivity contribution in [2.24, 2.45) is 0 Å². The predicted molar refractivity (Wildman–Crippen MR) is 58.5 cm³/mol. The molecular formula is C11H9N3O2. The van der Waals surface area contributed by atoms with Crippen molar-refractivity contribution in [3.05, 3.63) is 42.1 Å². The van der Waals surface area contributed by atoms with Crippen molar-refractivity contribution in [1.29, 1.82) is 0 Å². The molecule has 0 atom stereocenters. The largest absolute Gasteiger partial charge is 0.478 e. The Morgan fingerprint density at radius 2 is 2.06 bits per heavy atom. The van der Waals surface area contributed by atoms with E-state index in [2.05, 4.69) is 15.4 Å². The summed E-state index contributed by atoms with van der Waals surface area (Å²) in [5, 5.41) is 18.5. The number of rotatable bonds is 3. The highest BCUT2D eigenvalue weighted by Gasteiger charge is 1.98. The lowest BCUT2D eigenvalue weighted by molar-refractivity contribution is -0.131. The van der Waals surface area contributed by atoms with Gasteiger partial charge in [-0.3, -0.25) is 5.10 Å². The maximum Gasteiger partial charge on any atom is 0.328 e. The normalized spacial score (nSPS) is 10.8. The molecule has 1 aromatic heterocycles. The van der Waals surface area contributed by atoms with Crippen LogP contribution in [-0.2, 0) is 4.79 Å². The first-order valence-corrected chi connectivity index (χ1v) is 4.63. The third kappa shape index (κ3) is 2.33. The second-order valence-electron chi connectivity index (χ2n) is 3.16. The number of aromatic amines is 1. The number of hydrogen-bond acceptors (Lipinski definition) is 3. The van der Waals surface area contributed by atoms with E-state index in [-0.39, 0.29) is 0 Å². The number of aliphatic carboxylic acids is 1. The van der Waals surface area contributed by atoms with Crippen LogP contribution in [0.25, 0.3) is 17.3 Å². The Bertz CT molecular complexity index is 501. The van der Waals surface area contributed by atoms with Gasteiger partial charge < -0.3 is 5.11 Å². The molecule has 16 heavy (non-hydrogen) atoms. The van der Waals surface area contributed by atoms with Gasteiger partial charge in [-0.1, -0.05) is 29.5 Å². The van der Waals surface area contributed by atoms with Crippen molar-refractivity contribution in [2.45, 2.75) is 0 Å². The topological polar surface area (TPSA) is 78.9 Å². The van der Waals surface area contributed by atoms with E-state index in [1.165, 1.54) is 6.08 Å². The lowest BCUT2D eigenvalue weighted by Crippen LogP contribution is -1.85. The van der Waals surface area contributed by atoms with Crippen LogP contribution in [0.2, 0.25) is 0 Å². The number of carboxylic acid groups (broad SMARTS) is 1. The Hall–Kier alpha value is -2.43. The van der Waals surface area contributed by atoms with E-state index in [9.17, 15) is 4.79 Å². The van der Waals surface area contributed by atoms with Gasteiger partial charge in [0.25, 0.3) is 0 Å². The molecule has 0 unspecified atom stereocenters. The molecule has 1 heterocycles. The number of benzene rings is 1. The second-order valence-corrected chi connectivity index (χ2v) is 3.16. The molecule has 5 nitrogen and oxygen atoms in total. The van der Waals surface area contributed by atoms with Crippen molar-refractivity contribution < 1.29 is 9.90 Å². The highest BCUT2D eigenvalue weighted by molar-refractivity contribution is 5.85. The first-order chi connectivity index (χ1) is 7.75. The van der Waals surface area contributed by atoms with Crippen LogP contribution in [-0.4, -0.2) is 26.5 Å². The van der Waals surface area contributed by atoms with E-state index >= 15 is 0 Å². The summed E-state index contributed by atoms with van der Waals surface area (Å²) in [4.78, 5) is 10.3. The van der Waals surface area contributed by atoms with E-state index in [0.29, 0.717) is 0 Å². The van der Waals surface area contributed by atoms with Gasteiger partial charge in [0.1, 0.15) is 0 Å². The van der Waals surface area contributed by atoms with Crippen LogP contribution in [0.1, 0.15) is 5.56 Å². The minimum Gasteiger partial charge on any atom is -0.478 e. The summed E-state index contributed by atoms with van der Waals surface area (Å²) >= 11 is 0. The van der Waals surface area contributed by atoms with Gasteiger partial charge in [-0.25, -0.2) is 4.79 Å². The Morgan fingerprint density at radius 1 is 1.31 bits per heavy atom. The van der Waals surface area contributed by atoms with Crippen molar-refractivity contribution in [1.82, 2.24) is 15.4 Å². The number of hydrogen-bond donors (Lipinski definition) is 2. The van der Waals surface area contributed by atoms with Gasteiger partial charge in [0.15, 0.2) is 0 Å². The minimum absolute atomic E-state index is 0.828. The standard InChI is InChI=1S/C11H9N3O2/c15-11(16)6-3-8-1-4-9(5-2-8)10-7-12-14-13-10/h1-7H,(H,15,16)(H,12,13,14)/b6-3+. The third-order valence-corrected chi connectivity index (χ3v) is 2.06. The molecule has 5 heteroatoms. The van der Waals surface area contributed by atoms with Crippen molar-refractivity contribution in [3.63, 3.8) is 0 Å². The smallest absolute Gasteiger partial charge is 0.328 e. The van der Waals surface area contributed by atoms with Crippen LogP contribution in [0.4, 0.5) is 0 Å². The van der Waals surface area contributed by atoms with E-state index in [0.717, 1.165) is 22.9 Å². The van der Waals surface area contributed by atoms with E-state index in [1.807, 2.05) is 24.3 Å². The van der Waals surface area contributed by atoms with Crippen molar-refractivity contribution in [3.8, 4) is 11.3 Å². The zero-order chi connectivity index (χ0) is 11.4. The summed E-state index contributed by atoms with van der Waals surface area (Å²) in [6, 6.07) is 7.40. The van der Waals surface area contributed by atoms with Crippen LogP contribution in [0.5, 0.6) is 0 Å². The fourth-order valence-electron chi connectivity index (χ4n) is 1.28. The average molecular weight is 215 g/mol. The molecular weight excluding hydrogens is 206 g/mol. The molecule has 0 saturated carbocycles. The quantitative estimate of drug-likeness (QED) is 0.761. The van der Waals surface area contributed by atoms with Gasteiger partial charge >= 0.3 is 5.97 Å². The van der Waals surface area contributed by atoms with E-state index in [1.54, 1.807) is 6.20 Å². The van der Waals surface area contributed by atoms with Gasteiger partial charge in [-0.05, 0) is 11.6 Å². The molecule has 0 amide bonds. The van der Waals surface area contributed by atoms with Crippen LogP contribution >= 0.6 is 0 Å². The first-order valence-electron chi connectivity index (χ1n) is 4.63. The number of H-pyrrole nitrogens is 1. The van der Waals surface area contributed by atoms with E-state index in [4.69, 9.17) is 5.11 Å². The summed E-state index contributed by atoms with van der Waals surface area (Å²) in [5.41, 5.74) is 2.62. The lowest BCUT2D eigenvalue weighted by atomic mass is 10.1. The van der Waals surface area contributed by atoms with Gasteiger partial charge in [-0.15, -0.1) is 5.10 Å². The second kappa shape index (κ2) is 4.39. The number of carbonyl (C=O) groups is 1. The van der Waals surface area contributed by atoms with Crippen molar-refractivity contribution >= 4 is 12.0 Å². The van der Waals surface area contributed by atoms with Gasteiger partial charge in [0.05, 0.1) is 11.9 Å². The Balaban J connectivity index is 2.20. The van der Waals surface area contributed by atoms with Gasteiger partial charge in [-0.2, -0.15) is 0 Å². The van der Waals surface area contributed by atoms with Crippen LogP contribution in [0.15, 0.2) is 36.5 Å². The highest BCUT2D eigenvalue weighted by atomic mass is 16.4. The zero-order valence-corrected chi connectivity index (χ0v) is 8.29. The molecule has 0 radical (unpaired) electrons. The third-order valence-electron chi connectivity index (χ3n) is 2.06. The van der Waals surface area contributed by atoms with Crippen LogP contribution in [0, 0.1) is 0 Å². The van der Waals surface area contributed by atoms with Crippen molar-refractivity contribution in [2.75, 3.05) is 0 Å². The Morgan fingerprint density at radius 3 is 2.62 bits per heavy atom. The molecule has 0 aliphatic heterocycles. The predicted octanol–water partition coefficient (Wildman–Crippen LogP) is 1.57. The monoisotopic (exact) mass is 215 g/mol. The molecule has 80 valence electrons. The van der Waals surface area contributed by atoms with Gasteiger partial charge in [0, 0.05) is 11.6 Å². The van der Waals surface area contributed by atoms with Crippen LogP contribution < -0.4 is 0 Å². The lowest BCUT2D eigenvalue weighted by Gasteiger charge is -1.97. The number of nitrogens with zero attached hydrogens (tertiary/aromatic N) is 2. The van der Waals surface area contributed by atoms with E-state index < -0.39 is 5.97 Å². The summed E-state index contributed by atoms with van der Waals surface area (Å²) in [5.74, 6) is -0.957. The molecule has 2 N–H and O–H groups in total. The summed E-state index contributed by atoms with van der Waals surface area (Å²) in [6.45, 7) is 0. The molecule has 0 bridgehead atoms. The molecule has 2 aromatic rings. The first kappa shape index (κ1) is 10.1. The maximum absolute atomic E-state index is 10.3. The molecule has 0 aliphatic carbocycles. The minimum atomic E-state index is -0.957. The molecule has 1 aromatic carbocycles. The Kier molecular flexibility index (Phi) is 2.77. The summed E-state index contributed by atoms with van der Waals surface area (Å²) in [6.07, 6.45) is 4.27. The molecule has 0 spiro atoms. The molecule has 0 saturated heterocycles. The average Bonchev–Trinajstić information content (AvgIpc) is 2.80. The number of aromatic nitrogens is 3. The molecule has 2 rings (SSSR count). The highest BCUT2D eigenvalue weighted by Crippen LogP contribution is 2.16. The summed E-state index contributed by atoms with van der Waals surface area (Å²) in [7, 11) is 0. The SMILES string of the molecule is O=C(O)/C=C/c1ccc(-c2cnn[nH]2)cc1. The zero-order valence-electron chi connectivity index (χ0n) is 8.29. The fourth-order valence-corrected chi connectivity index (χ4v) is 1.28. The van der Waals surface area contributed by atoms with Crippen LogP contribution in [0.3, 0.4) is 0 Å². The molecule has 0 aliphatic rings. The maximum atomic E-state index is 10.3. The molecule has 0 fully saturated rings. The van der Waals surface area contributed by atoms with Gasteiger partial charge in [0.2, 0.25) is 0 Å². The fraction of sp³-hybridized carbons (Fsp3) is 0. The number of nitrogens with one attached hydrogen (secondary N) is 1. The number of carboxylic acids is 1. The summed E-state index contributed by atoms with van der Waals surface area (Å²) < 4.78 is 0.